The normalized spacial score (nSPS) is 10.1. The van der Waals surface area contributed by atoms with Crippen LogP contribution in [0.2, 0.25) is 0 Å². The molecule has 0 aliphatic heterocycles. The first kappa shape index (κ1) is 17.5. The van der Waals surface area contributed by atoms with Crippen molar-refractivity contribution >= 4 is 17.6 Å². The van der Waals surface area contributed by atoms with Gasteiger partial charge in [0.25, 0.3) is 5.91 Å². The molecular formula is C19H21NO4. The topological polar surface area (TPSA) is 64.6 Å². The lowest BCUT2D eigenvalue weighted by atomic mass is 10.1. The van der Waals surface area contributed by atoms with E-state index in [-0.39, 0.29) is 13.0 Å². The van der Waals surface area contributed by atoms with Gasteiger partial charge >= 0.3 is 5.97 Å². The number of carbonyl (C=O) groups excluding carboxylic acids is 2. The maximum absolute atomic E-state index is 12.0. The van der Waals surface area contributed by atoms with Crippen LogP contribution >= 0.6 is 0 Å². The van der Waals surface area contributed by atoms with Crippen molar-refractivity contribution in [1.29, 1.82) is 0 Å². The zero-order valence-corrected chi connectivity index (χ0v) is 14.1. The van der Waals surface area contributed by atoms with Gasteiger partial charge in [0.15, 0.2) is 6.61 Å². The number of esters is 1. The van der Waals surface area contributed by atoms with Gasteiger partial charge in [-0.05, 0) is 37.1 Å². The minimum Gasteiger partial charge on any atom is -0.495 e. The lowest BCUT2D eigenvalue weighted by molar-refractivity contribution is -0.146. The zero-order chi connectivity index (χ0) is 17.5. The second kappa shape index (κ2) is 8.15. The summed E-state index contributed by atoms with van der Waals surface area (Å²) >= 11 is 0. The molecule has 2 aromatic rings. The van der Waals surface area contributed by atoms with E-state index >= 15 is 0 Å². The number of ether oxygens (including phenoxy) is 2. The molecule has 0 spiro atoms. The Kier molecular flexibility index (Phi) is 5.95. The van der Waals surface area contributed by atoms with Gasteiger partial charge in [0.2, 0.25) is 0 Å². The highest BCUT2D eigenvalue weighted by Gasteiger charge is 2.11. The van der Waals surface area contributed by atoms with Crippen molar-refractivity contribution in [2.24, 2.45) is 0 Å². The Morgan fingerprint density at radius 3 is 2.50 bits per heavy atom. The largest absolute Gasteiger partial charge is 0.495 e. The molecule has 0 saturated heterocycles. The number of methoxy groups -OCH3 is 1. The van der Waals surface area contributed by atoms with Gasteiger partial charge in [-0.1, -0.05) is 35.9 Å². The van der Waals surface area contributed by atoms with E-state index in [2.05, 4.69) is 5.32 Å². The summed E-state index contributed by atoms with van der Waals surface area (Å²) in [6.45, 7) is 3.54. The fourth-order valence-corrected chi connectivity index (χ4v) is 2.29. The average Bonchev–Trinajstić information content (AvgIpc) is 2.53. The number of aryl methyl sites for hydroxylation is 2. The molecule has 24 heavy (non-hydrogen) atoms. The molecule has 0 atom stereocenters. The van der Waals surface area contributed by atoms with Crippen LogP contribution < -0.4 is 10.1 Å². The zero-order valence-electron chi connectivity index (χ0n) is 14.1. The number of hydrogen-bond donors (Lipinski definition) is 1. The van der Waals surface area contributed by atoms with Crippen molar-refractivity contribution in [2.45, 2.75) is 20.3 Å². The molecular weight excluding hydrogens is 306 g/mol. The van der Waals surface area contributed by atoms with Crippen molar-refractivity contribution in [3.63, 3.8) is 0 Å². The summed E-state index contributed by atoms with van der Waals surface area (Å²) in [6.07, 6.45) is 0.142. The predicted molar refractivity (Wildman–Crippen MR) is 92.2 cm³/mol. The molecule has 0 aliphatic rings. The predicted octanol–water partition coefficient (Wildman–Crippen LogP) is 3.04. The summed E-state index contributed by atoms with van der Waals surface area (Å²) in [5, 5.41) is 2.69. The van der Waals surface area contributed by atoms with Crippen LogP contribution in [-0.4, -0.2) is 25.6 Å². The molecule has 2 rings (SSSR count). The van der Waals surface area contributed by atoms with Gasteiger partial charge in [-0.3, -0.25) is 9.59 Å². The molecule has 0 saturated carbocycles. The van der Waals surface area contributed by atoms with E-state index in [1.165, 1.54) is 7.11 Å². The Morgan fingerprint density at radius 2 is 1.79 bits per heavy atom. The lowest BCUT2D eigenvalue weighted by Gasteiger charge is -2.11. The van der Waals surface area contributed by atoms with Gasteiger partial charge in [0, 0.05) is 0 Å². The number of hydrogen-bond acceptors (Lipinski definition) is 4. The van der Waals surface area contributed by atoms with E-state index in [4.69, 9.17) is 9.47 Å². The molecule has 0 fully saturated rings. The first-order chi connectivity index (χ1) is 11.5. The van der Waals surface area contributed by atoms with E-state index in [1.54, 1.807) is 12.1 Å². The highest BCUT2D eigenvalue weighted by atomic mass is 16.5. The second-order valence-electron chi connectivity index (χ2n) is 5.58. The first-order valence-corrected chi connectivity index (χ1v) is 7.63. The molecule has 2 aromatic carbocycles. The van der Waals surface area contributed by atoms with E-state index < -0.39 is 11.9 Å². The van der Waals surface area contributed by atoms with Gasteiger partial charge in [-0.15, -0.1) is 0 Å². The molecule has 0 unspecified atom stereocenters. The molecule has 126 valence electrons. The van der Waals surface area contributed by atoms with E-state index in [9.17, 15) is 9.59 Å². The lowest BCUT2D eigenvalue weighted by Crippen LogP contribution is -2.22. The molecule has 0 aliphatic carbocycles. The molecule has 5 heteroatoms. The van der Waals surface area contributed by atoms with Crippen molar-refractivity contribution in [1.82, 2.24) is 0 Å². The number of benzene rings is 2. The first-order valence-electron chi connectivity index (χ1n) is 7.63. The van der Waals surface area contributed by atoms with E-state index in [0.29, 0.717) is 11.4 Å². The quantitative estimate of drug-likeness (QED) is 0.828. The van der Waals surface area contributed by atoms with Crippen LogP contribution in [0.15, 0.2) is 42.5 Å². The van der Waals surface area contributed by atoms with Crippen LogP contribution in [0.4, 0.5) is 5.69 Å². The monoisotopic (exact) mass is 327 g/mol. The van der Waals surface area contributed by atoms with E-state index in [1.807, 2.05) is 44.2 Å². The minimum atomic E-state index is -0.438. The number of anilines is 1. The van der Waals surface area contributed by atoms with Crippen molar-refractivity contribution in [3.8, 4) is 5.75 Å². The number of carbonyl (C=O) groups is 2. The molecule has 0 heterocycles. The Hall–Kier alpha value is -2.82. The van der Waals surface area contributed by atoms with Crippen LogP contribution in [0, 0.1) is 13.8 Å². The maximum atomic E-state index is 12.0. The highest BCUT2D eigenvalue weighted by Crippen LogP contribution is 2.25. The summed E-state index contributed by atoms with van der Waals surface area (Å²) in [6, 6.07) is 13.1. The summed E-state index contributed by atoms with van der Waals surface area (Å²) in [7, 11) is 1.53. The molecule has 1 amide bonds. The maximum Gasteiger partial charge on any atom is 0.310 e. The SMILES string of the molecule is COc1ccc(C)cc1NC(=O)COC(=O)Cc1cccc(C)c1. The van der Waals surface area contributed by atoms with Gasteiger partial charge in [0.1, 0.15) is 5.75 Å². The van der Waals surface area contributed by atoms with Gasteiger partial charge in [0.05, 0.1) is 19.2 Å². The van der Waals surface area contributed by atoms with Crippen molar-refractivity contribution < 1.29 is 19.1 Å². The Morgan fingerprint density at radius 1 is 1.04 bits per heavy atom. The molecule has 0 radical (unpaired) electrons. The molecule has 0 bridgehead atoms. The standard InChI is InChI=1S/C19H21NO4/c1-13-5-4-6-15(9-13)11-19(22)24-12-18(21)20-16-10-14(2)7-8-17(16)23-3/h4-10H,11-12H2,1-3H3,(H,20,21). The van der Waals surface area contributed by atoms with Crippen LogP contribution in [0.5, 0.6) is 5.75 Å². The third-order valence-electron chi connectivity index (χ3n) is 3.42. The fourth-order valence-electron chi connectivity index (χ4n) is 2.29. The number of rotatable bonds is 6. The van der Waals surface area contributed by atoms with Gasteiger partial charge in [-0.2, -0.15) is 0 Å². The van der Waals surface area contributed by atoms with Crippen LogP contribution in [0.1, 0.15) is 16.7 Å². The van der Waals surface area contributed by atoms with Gasteiger partial charge < -0.3 is 14.8 Å². The smallest absolute Gasteiger partial charge is 0.310 e. The Labute approximate surface area is 141 Å². The number of nitrogens with one attached hydrogen (secondary N) is 1. The number of amides is 1. The van der Waals surface area contributed by atoms with Gasteiger partial charge in [-0.25, -0.2) is 0 Å². The van der Waals surface area contributed by atoms with Crippen LogP contribution in [-0.2, 0) is 20.7 Å². The average molecular weight is 327 g/mol. The Balaban J connectivity index is 1.87. The minimum absolute atomic E-state index is 0.142. The highest BCUT2D eigenvalue weighted by molar-refractivity contribution is 5.94. The Bertz CT molecular complexity index is 740. The summed E-state index contributed by atoms with van der Waals surface area (Å²) in [4.78, 5) is 23.8. The summed E-state index contributed by atoms with van der Waals surface area (Å²) < 4.78 is 10.2. The fraction of sp³-hybridized carbons (Fsp3) is 0.263. The van der Waals surface area contributed by atoms with Crippen molar-refractivity contribution in [2.75, 3.05) is 19.0 Å². The summed E-state index contributed by atoms with van der Waals surface area (Å²) in [5.41, 5.74) is 3.48. The van der Waals surface area contributed by atoms with Crippen molar-refractivity contribution in [3.05, 3.63) is 59.2 Å². The summed E-state index contributed by atoms with van der Waals surface area (Å²) in [5.74, 6) is -0.288. The van der Waals surface area contributed by atoms with E-state index in [0.717, 1.165) is 16.7 Å². The molecule has 5 nitrogen and oxygen atoms in total. The molecule has 0 aromatic heterocycles. The third kappa shape index (κ3) is 5.12. The second-order valence-corrected chi connectivity index (χ2v) is 5.58. The third-order valence-corrected chi connectivity index (χ3v) is 3.42. The van der Waals surface area contributed by atoms with Crippen LogP contribution in [0.25, 0.3) is 0 Å². The van der Waals surface area contributed by atoms with Crippen LogP contribution in [0.3, 0.4) is 0 Å². The molecule has 1 N–H and O–H groups in total.